The third kappa shape index (κ3) is 14.0. The molecule has 6 rings (SSSR count). The van der Waals surface area contributed by atoms with E-state index in [4.69, 9.17) is 20.3 Å². The summed E-state index contributed by atoms with van der Waals surface area (Å²) >= 11 is 1.35. The van der Waals surface area contributed by atoms with Crippen molar-refractivity contribution in [3.63, 3.8) is 0 Å². The van der Waals surface area contributed by atoms with Gasteiger partial charge in [0, 0.05) is 66.3 Å². The van der Waals surface area contributed by atoms with E-state index in [0.29, 0.717) is 36.4 Å². The van der Waals surface area contributed by atoms with Crippen LogP contribution in [-0.2, 0) is 62.0 Å². The Labute approximate surface area is 428 Å². The number of likely N-dealkylation sites (N-methyl/N-ethyl adjacent to an activating group) is 1. The zero-order valence-corrected chi connectivity index (χ0v) is 44.7. The number of hydrogen-bond acceptors (Lipinski definition) is 20. The van der Waals surface area contributed by atoms with E-state index in [-0.39, 0.29) is 45.3 Å². The van der Waals surface area contributed by atoms with Gasteiger partial charge >= 0.3 is 29.2 Å². The Morgan fingerprint density at radius 3 is 2.36 bits per heavy atom. The third-order valence-electron chi connectivity index (χ3n) is 11.9. The van der Waals surface area contributed by atoms with Gasteiger partial charge in [-0.3, -0.25) is 18.4 Å². The van der Waals surface area contributed by atoms with Crippen molar-refractivity contribution in [1.29, 1.82) is 0 Å². The van der Waals surface area contributed by atoms with Crippen molar-refractivity contribution in [3.8, 4) is 0 Å². The molecular formula is C41H53N6O21P3S3. The van der Waals surface area contributed by atoms with Gasteiger partial charge in [0.2, 0.25) is 11.6 Å². The fourth-order valence-corrected chi connectivity index (χ4v) is 13.3. The van der Waals surface area contributed by atoms with Crippen LogP contribution in [0.15, 0.2) is 87.2 Å². The van der Waals surface area contributed by atoms with Crippen LogP contribution in [0.25, 0.3) is 6.08 Å². The summed E-state index contributed by atoms with van der Waals surface area (Å²) in [6, 6.07) is 8.71. The molecule has 3 aromatic rings. The molecule has 1 aromatic heterocycles. The summed E-state index contributed by atoms with van der Waals surface area (Å²) in [5.74, 6) is -0.272. The molecule has 0 saturated carbocycles. The molecule has 7 unspecified atom stereocenters. The summed E-state index contributed by atoms with van der Waals surface area (Å²) in [6.07, 6.45) is 3.01. The second-order valence-electron chi connectivity index (χ2n) is 17.2. The maximum Gasteiger partial charge on any atom is 0.490 e. The lowest BCUT2D eigenvalue weighted by Gasteiger charge is -2.20. The van der Waals surface area contributed by atoms with E-state index in [1.165, 1.54) is 48.2 Å². The second kappa shape index (κ2) is 22.8. The van der Waals surface area contributed by atoms with E-state index in [0.717, 1.165) is 33.5 Å². The number of benzene rings is 2. The van der Waals surface area contributed by atoms with Gasteiger partial charge in [0.25, 0.3) is 10.1 Å². The van der Waals surface area contributed by atoms with Crippen LogP contribution in [0, 0.1) is 0 Å². The number of nitrogens with one attached hydrogen (secondary N) is 1. The van der Waals surface area contributed by atoms with Crippen LogP contribution in [0.1, 0.15) is 63.0 Å². The molecule has 27 nitrogen and oxygen atoms in total. The van der Waals surface area contributed by atoms with E-state index in [1.807, 2.05) is 55.4 Å². The minimum Gasteiger partial charge on any atom is -0.744 e. The number of nitrogens with zero attached hydrogens (tertiary/aromatic N) is 4. The predicted octanol–water partition coefficient (Wildman–Crippen LogP) is 2.35. The Bertz CT molecular complexity index is 3250. The summed E-state index contributed by atoms with van der Waals surface area (Å²) < 4.78 is 124. The molecule has 0 aliphatic carbocycles. The maximum absolute atomic E-state index is 12.8. The van der Waals surface area contributed by atoms with Gasteiger partial charge in [-0.1, -0.05) is 25.2 Å². The standard InChI is InChI=1S/C41H53N6O21P3S3/c1-5-45-30(24(2)28-19-26(73(59,60)61)12-14-31(28)45)10-6-11-34-41(3,4)29-20-27(74(62,63)64)13-15-32(29)46(34)17-8-18-72-23-35(48)43-16-7-9-25-21-47(40(51)44-38(25)42)39-37(50)36(49)33(66-39)22-65-70(55,56)68-71(57,58)67-69(52,53)54/h6-7,9-15,19-21,24,33,36-37,39,49-50H,5,8,16-18,22-23H2,1-4H3,(H8-,42,43,44,48,51,52,53,54,55,56,57,58,59,60,61,62,63,64). The van der Waals surface area contributed by atoms with Crippen LogP contribution < -0.4 is 21.6 Å². The number of carbonyl (C=O) groups excluding carboxylic acids is 1. The van der Waals surface area contributed by atoms with Gasteiger partial charge in [-0.25, -0.2) is 26.9 Å². The first-order valence-electron chi connectivity index (χ1n) is 22.0. The van der Waals surface area contributed by atoms with Crippen molar-refractivity contribution >= 4 is 90.4 Å². The summed E-state index contributed by atoms with van der Waals surface area (Å²) in [7, 11) is -26.3. The first-order chi connectivity index (χ1) is 34.2. The highest BCUT2D eigenvalue weighted by molar-refractivity contribution is 7.99. The lowest BCUT2D eigenvalue weighted by molar-refractivity contribution is -0.437. The van der Waals surface area contributed by atoms with Crippen molar-refractivity contribution in [2.75, 3.05) is 48.4 Å². The number of nitrogen functional groups attached to an aromatic ring is 1. The monoisotopic (exact) mass is 1150 g/mol. The molecule has 7 atom stereocenters. The smallest absolute Gasteiger partial charge is 0.490 e. The molecule has 1 saturated heterocycles. The molecule has 0 spiro atoms. The van der Waals surface area contributed by atoms with Gasteiger partial charge in [0.15, 0.2) is 11.9 Å². The number of hydrogen-bond donors (Lipinski definition) is 9. The first kappa shape index (κ1) is 59.0. The van der Waals surface area contributed by atoms with Gasteiger partial charge in [0.1, 0.15) is 40.8 Å². The second-order valence-corrected chi connectivity index (χ2v) is 25.6. The number of aliphatic hydroxyl groups is 2. The van der Waals surface area contributed by atoms with E-state index >= 15 is 0 Å². The number of rotatable bonds is 22. The van der Waals surface area contributed by atoms with Crippen LogP contribution in [0.5, 0.6) is 0 Å². The molecule has 10 N–H and O–H groups in total. The molecule has 4 heterocycles. The molecule has 0 radical (unpaired) electrons. The Morgan fingerprint density at radius 2 is 1.72 bits per heavy atom. The van der Waals surface area contributed by atoms with Crippen LogP contribution in [0.2, 0.25) is 0 Å². The van der Waals surface area contributed by atoms with Crippen LogP contribution in [-0.4, -0.2) is 138 Å². The normalized spacial score (nSPS) is 23.2. The predicted molar refractivity (Wildman–Crippen MR) is 265 cm³/mol. The van der Waals surface area contributed by atoms with Gasteiger partial charge in [-0.05, 0) is 68.5 Å². The molecule has 3 aliphatic heterocycles. The average Bonchev–Trinajstić information content (AvgIpc) is 3.80. The Morgan fingerprint density at radius 1 is 1.03 bits per heavy atom. The minimum absolute atomic E-state index is 0.0160. The Kier molecular flexibility index (Phi) is 18.1. The summed E-state index contributed by atoms with van der Waals surface area (Å²) in [5.41, 5.74) is 8.74. The quantitative estimate of drug-likeness (QED) is 0.0302. The number of ether oxygens (including phenoxy) is 1. The first-order valence-corrected chi connectivity index (χ1v) is 30.5. The zero-order chi connectivity index (χ0) is 54.9. The molecular weight excluding hydrogens is 1100 g/mol. The van der Waals surface area contributed by atoms with Crippen molar-refractivity contribution in [3.05, 3.63) is 99.8 Å². The number of anilines is 2. The number of aliphatic hydroxyl groups excluding tert-OH is 2. The number of carbonyl (C=O) groups is 1. The zero-order valence-electron chi connectivity index (χ0n) is 39.5. The SMILES string of the molecule is CCN1C(=CC=CC2=[N+](CCCSCC(=O)NCC=Cc3cn(C4OC(COP(=O)(O)OP(=O)(O)OP(=O)(O)O)C(O)C4O)c(=O)nc3N)c3ccc(S(=O)(=O)O)cc3C2(C)C)C(C)c2cc(S(=O)(=O)[O-])ccc21. The number of amides is 1. The topological polar surface area (TPSA) is 417 Å². The number of allylic oxidation sites excluding steroid dienone is 4. The lowest BCUT2D eigenvalue weighted by Crippen LogP contribution is -2.36. The number of fused-ring (bicyclic) bond motifs is 2. The van der Waals surface area contributed by atoms with E-state index in [9.17, 15) is 69.2 Å². The van der Waals surface area contributed by atoms with E-state index < -0.39 is 86.0 Å². The Hall–Kier alpha value is -4.26. The van der Waals surface area contributed by atoms with Gasteiger partial charge in [-0.15, -0.1) is 0 Å². The largest absolute Gasteiger partial charge is 0.744 e. The summed E-state index contributed by atoms with van der Waals surface area (Å²) in [6.45, 7) is 7.57. The van der Waals surface area contributed by atoms with Gasteiger partial charge < -0.3 is 55.0 Å². The van der Waals surface area contributed by atoms with Crippen molar-refractivity contribution in [2.24, 2.45) is 0 Å². The Balaban J connectivity index is 1.06. The maximum atomic E-state index is 12.8. The molecule has 3 aliphatic rings. The van der Waals surface area contributed by atoms with Gasteiger partial charge in [-0.2, -0.15) is 38.4 Å². The molecule has 2 aromatic carbocycles. The number of phosphoric acid groups is 3. The molecule has 0 bridgehead atoms. The minimum atomic E-state index is -5.85. The molecule has 406 valence electrons. The average molecular weight is 1160 g/mol. The summed E-state index contributed by atoms with van der Waals surface area (Å²) in [4.78, 5) is 67.2. The fraction of sp³-hybridized carbons (Fsp3) is 0.415. The van der Waals surface area contributed by atoms with Crippen molar-refractivity contribution < 1.29 is 96.7 Å². The summed E-state index contributed by atoms with van der Waals surface area (Å²) in [5, 5.41) is 23.9. The highest BCUT2D eigenvalue weighted by Crippen LogP contribution is 2.66. The van der Waals surface area contributed by atoms with Gasteiger partial charge in [0.05, 0.1) is 27.6 Å². The molecule has 33 heteroatoms. The number of phosphoric ester groups is 1. The number of thioether (sulfide) groups is 1. The van der Waals surface area contributed by atoms with E-state index in [2.05, 4.69) is 23.4 Å². The number of nitrogens with two attached hydrogens (primary N) is 1. The van der Waals surface area contributed by atoms with Crippen LogP contribution >= 0.6 is 35.2 Å². The molecule has 1 fully saturated rings. The molecule has 74 heavy (non-hydrogen) atoms. The highest BCUT2D eigenvalue weighted by atomic mass is 32.2. The number of aromatic nitrogens is 2. The highest BCUT2D eigenvalue weighted by Gasteiger charge is 2.48. The van der Waals surface area contributed by atoms with Crippen LogP contribution in [0.3, 0.4) is 0 Å². The van der Waals surface area contributed by atoms with Crippen molar-refractivity contribution in [1.82, 2.24) is 14.9 Å². The lowest BCUT2D eigenvalue weighted by atomic mass is 9.81. The van der Waals surface area contributed by atoms with Crippen molar-refractivity contribution in [2.45, 2.75) is 79.8 Å². The fourth-order valence-electron chi connectivity index (χ4n) is 8.47. The van der Waals surface area contributed by atoms with E-state index in [1.54, 1.807) is 12.1 Å². The molecule has 1 amide bonds. The van der Waals surface area contributed by atoms with Crippen LogP contribution in [0.4, 0.5) is 17.2 Å². The third-order valence-corrected chi connectivity index (χ3v) is 18.4.